The Morgan fingerprint density at radius 2 is 1.88 bits per heavy atom. The maximum absolute atomic E-state index is 13.5. The van der Waals surface area contributed by atoms with Crippen LogP contribution in [0.3, 0.4) is 0 Å². The zero-order valence-electron chi connectivity index (χ0n) is 12.9. The van der Waals surface area contributed by atoms with E-state index in [-0.39, 0.29) is 11.6 Å². The second kappa shape index (κ2) is 7.68. The third-order valence-electron chi connectivity index (χ3n) is 3.36. The summed E-state index contributed by atoms with van der Waals surface area (Å²) < 4.78 is 20.8. The highest BCUT2D eigenvalue weighted by Gasteiger charge is 2.13. The molecular formula is C17H15ClFN3OS. The van der Waals surface area contributed by atoms with Crippen LogP contribution >= 0.6 is 23.4 Å². The number of rotatable bonds is 6. The van der Waals surface area contributed by atoms with Crippen LogP contribution in [0.5, 0.6) is 5.75 Å². The molecule has 3 aromatic rings. The van der Waals surface area contributed by atoms with Gasteiger partial charge in [-0.05, 0) is 24.3 Å². The fraction of sp³-hybridized carbons (Fsp3) is 0.176. The highest BCUT2D eigenvalue weighted by atomic mass is 35.5. The summed E-state index contributed by atoms with van der Waals surface area (Å²) in [5, 5.41) is 9.77. The molecule has 2 aromatic carbocycles. The summed E-state index contributed by atoms with van der Waals surface area (Å²) >= 11 is 7.70. The normalized spacial score (nSPS) is 10.8. The van der Waals surface area contributed by atoms with Crippen molar-refractivity contribution in [2.45, 2.75) is 5.16 Å². The van der Waals surface area contributed by atoms with Gasteiger partial charge in [0.15, 0.2) is 22.5 Å². The molecule has 0 bridgehead atoms. The van der Waals surface area contributed by atoms with Crippen molar-refractivity contribution in [1.82, 2.24) is 14.8 Å². The van der Waals surface area contributed by atoms with Crippen LogP contribution < -0.4 is 4.74 Å². The fourth-order valence-corrected chi connectivity index (χ4v) is 3.11. The van der Waals surface area contributed by atoms with Crippen LogP contribution in [0.1, 0.15) is 0 Å². The standard InChI is InChI=1S/C17H15ClFN3OS/c1-22-16(12-6-2-3-7-13(12)18)20-21-17(22)24-11-10-23-15-9-5-4-8-14(15)19/h2-9H,10-11H2,1H3. The number of halogens is 2. The first-order valence-corrected chi connectivity index (χ1v) is 8.67. The molecule has 7 heteroatoms. The lowest BCUT2D eigenvalue weighted by Crippen LogP contribution is -2.03. The first kappa shape index (κ1) is 16.8. The van der Waals surface area contributed by atoms with Gasteiger partial charge in [0, 0.05) is 18.4 Å². The first-order chi connectivity index (χ1) is 11.7. The number of hydrogen-bond acceptors (Lipinski definition) is 4. The van der Waals surface area contributed by atoms with E-state index in [2.05, 4.69) is 10.2 Å². The number of para-hydroxylation sites is 1. The van der Waals surface area contributed by atoms with Crippen molar-refractivity contribution in [3.63, 3.8) is 0 Å². The number of nitrogens with zero attached hydrogens (tertiary/aromatic N) is 3. The topological polar surface area (TPSA) is 39.9 Å². The summed E-state index contributed by atoms with van der Waals surface area (Å²) in [4.78, 5) is 0. The van der Waals surface area contributed by atoms with E-state index >= 15 is 0 Å². The van der Waals surface area contributed by atoms with Gasteiger partial charge >= 0.3 is 0 Å². The molecule has 0 fully saturated rings. The maximum atomic E-state index is 13.5. The Bertz CT molecular complexity index is 840. The number of ether oxygens (including phenoxy) is 1. The van der Waals surface area contributed by atoms with Crippen molar-refractivity contribution in [3.8, 4) is 17.1 Å². The lowest BCUT2D eigenvalue weighted by atomic mass is 10.2. The van der Waals surface area contributed by atoms with Crippen LogP contribution in [0.4, 0.5) is 4.39 Å². The Balaban J connectivity index is 1.61. The molecule has 0 saturated heterocycles. The maximum Gasteiger partial charge on any atom is 0.191 e. The summed E-state index contributed by atoms with van der Waals surface area (Å²) in [6.07, 6.45) is 0. The van der Waals surface area contributed by atoms with Gasteiger partial charge in [0.25, 0.3) is 0 Å². The monoisotopic (exact) mass is 363 g/mol. The van der Waals surface area contributed by atoms with E-state index in [4.69, 9.17) is 16.3 Å². The van der Waals surface area contributed by atoms with Crippen LogP contribution in [0.2, 0.25) is 5.02 Å². The lowest BCUT2D eigenvalue weighted by Gasteiger charge is -2.07. The molecule has 4 nitrogen and oxygen atoms in total. The van der Waals surface area contributed by atoms with E-state index in [1.807, 2.05) is 35.9 Å². The zero-order chi connectivity index (χ0) is 16.9. The van der Waals surface area contributed by atoms with Crippen molar-refractivity contribution in [2.24, 2.45) is 7.05 Å². The van der Waals surface area contributed by atoms with Crippen LogP contribution in [0.15, 0.2) is 53.7 Å². The molecule has 0 aliphatic rings. The second-order valence-corrected chi connectivity index (χ2v) is 6.44. The van der Waals surface area contributed by atoms with Crippen LogP contribution in [0, 0.1) is 5.82 Å². The number of thioether (sulfide) groups is 1. The van der Waals surface area contributed by atoms with E-state index in [1.54, 1.807) is 18.2 Å². The molecule has 0 unspecified atom stereocenters. The lowest BCUT2D eigenvalue weighted by molar-refractivity contribution is 0.325. The van der Waals surface area contributed by atoms with E-state index in [0.29, 0.717) is 23.2 Å². The minimum Gasteiger partial charge on any atom is -0.490 e. The minimum atomic E-state index is -0.359. The third-order valence-corrected chi connectivity index (χ3v) is 4.67. The largest absolute Gasteiger partial charge is 0.490 e. The van der Waals surface area contributed by atoms with Gasteiger partial charge in [-0.2, -0.15) is 0 Å². The van der Waals surface area contributed by atoms with E-state index in [9.17, 15) is 4.39 Å². The smallest absolute Gasteiger partial charge is 0.191 e. The predicted octanol–water partition coefficient (Wildman–Crippen LogP) is 4.45. The quantitative estimate of drug-likeness (QED) is 0.479. The van der Waals surface area contributed by atoms with Crippen molar-refractivity contribution in [2.75, 3.05) is 12.4 Å². The fourth-order valence-electron chi connectivity index (χ4n) is 2.16. The van der Waals surface area contributed by atoms with Crippen molar-refractivity contribution in [3.05, 3.63) is 59.4 Å². The Morgan fingerprint density at radius 1 is 1.12 bits per heavy atom. The molecule has 0 N–H and O–H groups in total. The van der Waals surface area contributed by atoms with Gasteiger partial charge in [-0.3, -0.25) is 0 Å². The Morgan fingerprint density at radius 3 is 2.67 bits per heavy atom. The number of hydrogen-bond donors (Lipinski definition) is 0. The van der Waals surface area contributed by atoms with E-state index in [1.165, 1.54) is 17.8 Å². The summed E-state index contributed by atoms with van der Waals surface area (Å²) in [7, 11) is 1.89. The second-order valence-electron chi connectivity index (χ2n) is 4.97. The van der Waals surface area contributed by atoms with Gasteiger partial charge in [-0.15, -0.1) is 10.2 Å². The Kier molecular flexibility index (Phi) is 5.37. The van der Waals surface area contributed by atoms with Crippen molar-refractivity contribution >= 4 is 23.4 Å². The molecule has 3 rings (SSSR count). The molecule has 124 valence electrons. The molecule has 0 radical (unpaired) electrons. The first-order valence-electron chi connectivity index (χ1n) is 7.31. The summed E-state index contributed by atoms with van der Waals surface area (Å²) in [6, 6.07) is 13.9. The molecule has 1 aromatic heterocycles. The van der Waals surface area contributed by atoms with E-state index < -0.39 is 0 Å². The van der Waals surface area contributed by atoms with Crippen LogP contribution in [-0.4, -0.2) is 27.1 Å². The molecule has 0 amide bonds. The average Bonchev–Trinajstić information content (AvgIpc) is 2.94. The molecule has 0 atom stereocenters. The van der Waals surface area contributed by atoms with Gasteiger partial charge < -0.3 is 9.30 Å². The molecule has 0 aliphatic heterocycles. The molecule has 0 aliphatic carbocycles. The molecule has 1 heterocycles. The highest BCUT2D eigenvalue weighted by molar-refractivity contribution is 7.99. The van der Waals surface area contributed by atoms with Gasteiger partial charge in [0.05, 0.1) is 11.6 Å². The molecule has 0 saturated carbocycles. The molecular weight excluding hydrogens is 349 g/mol. The van der Waals surface area contributed by atoms with Gasteiger partial charge in [-0.1, -0.05) is 47.6 Å². The zero-order valence-corrected chi connectivity index (χ0v) is 14.5. The highest BCUT2D eigenvalue weighted by Crippen LogP contribution is 2.28. The summed E-state index contributed by atoms with van der Waals surface area (Å²) in [6.45, 7) is 0.375. The third kappa shape index (κ3) is 3.71. The van der Waals surface area contributed by atoms with Crippen LogP contribution in [-0.2, 0) is 7.05 Å². The Hall–Kier alpha value is -2.05. The average molecular weight is 364 g/mol. The minimum absolute atomic E-state index is 0.257. The Labute approximate surface area is 148 Å². The van der Waals surface area contributed by atoms with Crippen LogP contribution in [0.25, 0.3) is 11.4 Å². The summed E-state index contributed by atoms with van der Waals surface area (Å²) in [5.41, 5.74) is 0.837. The van der Waals surface area contributed by atoms with E-state index in [0.717, 1.165) is 10.7 Å². The number of benzene rings is 2. The molecule has 0 spiro atoms. The van der Waals surface area contributed by atoms with Gasteiger partial charge in [-0.25, -0.2) is 4.39 Å². The van der Waals surface area contributed by atoms with Crippen molar-refractivity contribution < 1.29 is 9.13 Å². The van der Waals surface area contributed by atoms with Crippen molar-refractivity contribution in [1.29, 1.82) is 0 Å². The van der Waals surface area contributed by atoms with Gasteiger partial charge in [0.1, 0.15) is 0 Å². The SMILES string of the molecule is Cn1c(SCCOc2ccccc2F)nnc1-c1ccccc1Cl. The summed E-state index contributed by atoms with van der Waals surface area (Å²) in [5.74, 6) is 1.23. The number of aromatic nitrogens is 3. The van der Waals surface area contributed by atoms with Gasteiger partial charge in [0.2, 0.25) is 0 Å². The predicted molar refractivity (Wildman–Crippen MR) is 94.1 cm³/mol. The molecule has 24 heavy (non-hydrogen) atoms.